The van der Waals surface area contributed by atoms with Gasteiger partial charge >= 0.3 is 0 Å². The van der Waals surface area contributed by atoms with Crippen molar-refractivity contribution >= 4 is 23.2 Å². The monoisotopic (exact) mass is 382 g/mol. The van der Waals surface area contributed by atoms with E-state index in [1.807, 2.05) is 6.07 Å². The van der Waals surface area contributed by atoms with E-state index in [2.05, 4.69) is 45.1 Å². The lowest BCUT2D eigenvalue weighted by atomic mass is 9.92. The van der Waals surface area contributed by atoms with Gasteiger partial charge in [-0.25, -0.2) is 4.39 Å². The van der Waals surface area contributed by atoms with Gasteiger partial charge in [0.1, 0.15) is 5.82 Å². The van der Waals surface area contributed by atoms with E-state index in [1.165, 1.54) is 12.1 Å². The Balaban J connectivity index is 1.86. The molecule has 1 fully saturated rings. The molecule has 2 aromatic carbocycles. The van der Waals surface area contributed by atoms with Gasteiger partial charge in [-0.1, -0.05) is 52.0 Å². The molecule has 3 rings (SSSR count). The minimum absolute atomic E-state index is 0.0469. The summed E-state index contributed by atoms with van der Waals surface area (Å²) in [7, 11) is 0. The van der Waals surface area contributed by atoms with Crippen LogP contribution in [-0.4, -0.2) is 18.4 Å². The second kappa shape index (κ2) is 8.13. The van der Waals surface area contributed by atoms with Crippen molar-refractivity contribution in [3.63, 3.8) is 0 Å². The average molecular weight is 382 g/mol. The van der Waals surface area contributed by atoms with Gasteiger partial charge in [-0.2, -0.15) is 0 Å². The molecule has 4 nitrogen and oxygen atoms in total. The molecule has 148 valence electrons. The smallest absolute Gasteiger partial charge is 0.229 e. The highest BCUT2D eigenvalue weighted by Crippen LogP contribution is 2.38. The molecule has 1 atom stereocenters. The molecule has 1 N–H and O–H groups in total. The summed E-state index contributed by atoms with van der Waals surface area (Å²) in [6.45, 7) is 8.77. The molecule has 1 aliphatic rings. The Morgan fingerprint density at radius 2 is 1.68 bits per heavy atom. The Morgan fingerprint density at radius 3 is 2.25 bits per heavy atom. The van der Waals surface area contributed by atoms with Crippen LogP contribution in [-0.2, 0) is 9.59 Å². The zero-order valence-electron chi connectivity index (χ0n) is 16.8. The first kappa shape index (κ1) is 20.1. The van der Waals surface area contributed by atoms with Crippen molar-refractivity contribution in [3.8, 4) is 0 Å². The van der Waals surface area contributed by atoms with Crippen LogP contribution in [0, 0.1) is 11.7 Å². The van der Waals surface area contributed by atoms with E-state index in [0.717, 1.165) is 16.8 Å². The first-order valence-electron chi connectivity index (χ1n) is 9.77. The van der Waals surface area contributed by atoms with Crippen LogP contribution in [0.3, 0.4) is 0 Å². The van der Waals surface area contributed by atoms with Crippen LogP contribution >= 0.6 is 0 Å². The van der Waals surface area contributed by atoms with E-state index >= 15 is 0 Å². The molecule has 0 bridgehead atoms. The molecular weight excluding hydrogens is 355 g/mol. The Bertz CT molecular complexity index is 866. The summed E-state index contributed by atoms with van der Waals surface area (Å²) < 4.78 is 13.4. The summed E-state index contributed by atoms with van der Waals surface area (Å²) in [6, 6.07) is 11.9. The van der Waals surface area contributed by atoms with Crippen LogP contribution in [0.2, 0.25) is 0 Å². The third kappa shape index (κ3) is 4.08. The predicted octanol–water partition coefficient (Wildman–Crippen LogP) is 5.06. The number of amides is 2. The highest BCUT2D eigenvalue weighted by molar-refractivity contribution is 6.04. The fourth-order valence-corrected chi connectivity index (χ4v) is 3.73. The van der Waals surface area contributed by atoms with Crippen LogP contribution in [0.5, 0.6) is 0 Å². The van der Waals surface area contributed by atoms with Crippen LogP contribution < -0.4 is 10.2 Å². The standard InChI is InChI=1S/C23H27FN2O2/c1-14(2)19-9-6-10-20(15(3)4)22(19)26-13-16(11-21(26)27)23(28)25-18-8-5-7-17(24)12-18/h5-10,12,14-16H,11,13H2,1-4H3,(H,25,28). The zero-order valence-corrected chi connectivity index (χ0v) is 16.8. The van der Waals surface area contributed by atoms with Crippen molar-refractivity contribution in [2.75, 3.05) is 16.8 Å². The van der Waals surface area contributed by atoms with Gasteiger partial charge in [-0.3, -0.25) is 9.59 Å². The van der Waals surface area contributed by atoms with Gasteiger partial charge in [0.05, 0.1) is 11.6 Å². The quantitative estimate of drug-likeness (QED) is 0.785. The van der Waals surface area contributed by atoms with Crippen LogP contribution in [0.4, 0.5) is 15.8 Å². The lowest BCUT2D eigenvalue weighted by Crippen LogP contribution is -2.30. The van der Waals surface area contributed by atoms with Crippen LogP contribution in [0.15, 0.2) is 42.5 Å². The third-order valence-corrected chi connectivity index (χ3v) is 5.20. The summed E-state index contributed by atoms with van der Waals surface area (Å²) >= 11 is 0. The van der Waals surface area contributed by atoms with E-state index in [-0.39, 0.29) is 30.1 Å². The highest BCUT2D eigenvalue weighted by Gasteiger charge is 2.37. The number of nitrogens with one attached hydrogen (secondary N) is 1. The normalized spacial score (nSPS) is 16.9. The Morgan fingerprint density at radius 1 is 1.07 bits per heavy atom. The maximum Gasteiger partial charge on any atom is 0.229 e. The fourth-order valence-electron chi connectivity index (χ4n) is 3.73. The Labute approximate surface area is 165 Å². The number of para-hydroxylation sites is 1. The molecule has 1 aliphatic heterocycles. The van der Waals surface area contributed by atoms with Gasteiger partial charge in [0, 0.05) is 18.7 Å². The molecular formula is C23H27FN2O2. The maximum absolute atomic E-state index is 13.4. The molecule has 1 unspecified atom stereocenters. The van der Waals surface area contributed by atoms with Crippen molar-refractivity contribution in [2.45, 2.75) is 46.0 Å². The minimum atomic E-state index is -0.462. The number of carbonyl (C=O) groups excluding carboxylic acids is 2. The van der Waals surface area contributed by atoms with E-state index in [0.29, 0.717) is 12.2 Å². The number of benzene rings is 2. The summed E-state index contributed by atoms with van der Waals surface area (Å²) in [4.78, 5) is 27.3. The van der Waals surface area contributed by atoms with Gasteiger partial charge in [0.15, 0.2) is 0 Å². The molecule has 0 radical (unpaired) electrons. The van der Waals surface area contributed by atoms with E-state index in [4.69, 9.17) is 0 Å². The summed E-state index contributed by atoms with van der Waals surface area (Å²) in [6.07, 6.45) is 0.158. The van der Waals surface area contributed by atoms with Gasteiger partial charge < -0.3 is 10.2 Å². The average Bonchev–Trinajstić information content (AvgIpc) is 3.02. The van der Waals surface area contributed by atoms with Gasteiger partial charge in [0.25, 0.3) is 0 Å². The maximum atomic E-state index is 13.4. The first-order valence-corrected chi connectivity index (χ1v) is 9.77. The largest absolute Gasteiger partial charge is 0.326 e. The SMILES string of the molecule is CC(C)c1cccc(C(C)C)c1N1CC(C(=O)Nc2cccc(F)c2)CC1=O. The Hall–Kier alpha value is -2.69. The molecule has 2 amide bonds. The highest BCUT2D eigenvalue weighted by atomic mass is 19.1. The van der Waals surface area contributed by atoms with Crippen molar-refractivity contribution in [2.24, 2.45) is 5.92 Å². The van der Waals surface area contributed by atoms with Crippen molar-refractivity contribution in [1.29, 1.82) is 0 Å². The number of rotatable bonds is 5. The molecule has 0 aliphatic carbocycles. The van der Waals surface area contributed by atoms with Crippen LogP contribution in [0.25, 0.3) is 0 Å². The number of nitrogens with zero attached hydrogens (tertiary/aromatic N) is 1. The predicted molar refractivity (Wildman–Crippen MR) is 110 cm³/mol. The number of carbonyl (C=O) groups is 2. The van der Waals surface area contributed by atoms with Gasteiger partial charge in [-0.05, 0) is 41.2 Å². The molecule has 1 saturated heterocycles. The molecule has 0 aromatic heterocycles. The van der Waals surface area contributed by atoms with Crippen molar-refractivity contribution in [1.82, 2.24) is 0 Å². The molecule has 5 heteroatoms. The van der Waals surface area contributed by atoms with Crippen LogP contribution in [0.1, 0.15) is 57.1 Å². The zero-order chi connectivity index (χ0) is 20.4. The molecule has 1 heterocycles. The lowest BCUT2D eigenvalue weighted by molar-refractivity contribution is -0.122. The lowest BCUT2D eigenvalue weighted by Gasteiger charge is -2.27. The summed E-state index contributed by atoms with van der Waals surface area (Å²) in [5.41, 5.74) is 3.58. The molecule has 28 heavy (non-hydrogen) atoms. The molecule has 0 saturated carbocycles. The topological polar surface area (TPSA) is 49.4 Å². The van der Waals surface area contributed by atoms with Crippen molar-refractivity contribution < 1.29 is 14.0 Å². The van der Waals surface area contributed by atoms with Gasteiger partial charge in [-0.15, -0.1) is 0 Å². The summed E-state index contributed by atoms with van der Waals surface area (Å²) in [5, 5.41) is 2.73. The van der Waals surface area contributed by atoms with Gasteiger partial charge in [0.2, 0.25) is 11.8 Å². The molecule has 2 aromatic rings. The van der Waals surface area contributed by atoms with E-state index in [9.17, 15) is 14.0 Å². The minimum Gasteiger partial charge on any atom is -0.326 e. The number of anilines is 2. The first-order chi connectivity index (χ1) is 13.3. The van der Waals surface area contributed by atoms with Crippen molar-refractivity contribution in [3.05, 3.63) is 59.4 Å². The molecule has 0 spiro atoms. The third-order valence-electron chi connectivity index (χ3n) is 5.20. The van der Waals surface area contributed by atoms with E-state index < -0.39 is 11.7 Å². The second-order valence-corrected chi connectivity index (χ2v) is 8.00. The van der Waals surface area contributed by atoms with E-state index in [1.54, 1.807) is 17.0 Å². The summed E-state index contributed by atoms with van der Waals surface area (Å²) in [5.74, 6) is -0.641. The number of hydrogen-bond acceptors (Lipinski definition) is 2. The fraction of sp³-hybridized carbons (Fsp3) is 0.391. The second-order valence-electron chi connectivity index (χ2n) is 8.00. The Kier molecular flexibility index (Phi) is 5.82. The number of hydrogen-bond donors (Lipinski definition) is 1. The number of halogens is 1.